The molecule has 0 fully saturated rings. The van der Waals surface area contributed by atoms with Gasteiger partial charge in [-0.2, -0.15) is 0 Å². The molecule has 3 nitrogen and oxygen atoms in total. The number of benzene rings is 2. The zero-order valence-corrected chi connectivity index (χ0v) is 15.2. The van der Waals surface area contributed by atoms with Gasteiger partial charge in [0.1, 0.15) is 0 Å². The van der Waals surface area contributed by atoms with Crippen LogP contribution in [0.5, 0.6) is 0 Å². The number of thiazole rings is 1. The average Bonchev–Trinajstić information content (AvgIpc) is 2.99. The van der Waals surface area contributed by atoms with E-state index in [0.717, 1.165) is 32.6 Å². The number of nitrogens with zero attached hydrogens (tertiary/aromatic N) is 1. The fraction of sp³-hybridized carbons (Fsp3) is 0.158. The van der Waals surface area contributed by atoms with Gasteiger partial charge >= 0.3 is 0 Å². The normalized spacial score (nSPS) is 10.6. The van der Waals surface area contributed by atoms with Crippen molar-refractivity contribution >= 4 is 34.7 Å². The van der Waals surface area contributed by atoms with Gasteiger partial charge in [-0.3, -0.25) is 4.79 Å². The van der Waals surface area contributed by atoms with Gasteiger partial charge in [0.2, 0.25) is 0 Å². The van der Waals surface area contributed by atoms with Crippen LogP contribution in [0, 0.1) is 13.8 Å². The van der Waals surface area contributed by atoms with E-state index < -0.39 is 0 Å². The summed E-state index contributed by atoms with van der Waals surface area (Å²) >= 11 is 3.40. The van der Waals surface area contributed by atoms with E-state index in [2.05, 4.69) is 15.7 Å². The van der Waals surface area contributed by atoms with Crippen LogP contribution in [0.3, 0.4) is 0 Å². The second kappa shape index (κ2) is 7.64. The molecule has 1 N–H and O–H groups in total. The molecule has 122 valence electrons. The summed E-state index contributed by atoms with van der Waals surface area (Å²) in [5, 5.41) is 6.11. The minimum absolute atomic E-state index is 0.0905. The Morgan fingerprint density at radius 3 is 2.62 bits per heavy atom. The summed E-state index contributed by atoms with van der Waals surface area (Å²) < 4.78 is 0. The Labute approximate surface area is 150 Å². The topological polar surface area (TPSA) is 42.0 Å². The van der Waals surface area contributed by atoms with Gasteiger partial charge < -0.3 is 5.32 Å². The first-order chi connectivity index (χ1) is 11.6. The lowest BCUT2D eigenvalue weighted by Crippen LogP contribution is -2.11. The predicted octanol–water partition coefficient (Wildman–Crippen LogP) is 5.30. The maximum atomic E-state index is 12.3. The monoisotopic (exact) mass is 354 g/mol. The molecule has 0 spiro atoms. The van der Waals surface area contributed by atoms with E-state index in [4.69, 9.17) is 0 Å². The lowest BCUT2D eigenvalue weighted by Gasteiger charge is -2.07. The smallest absolute Gasteiger partial charge is 0.255 e. The zero-order valence-electron chi connectivity index (χ0n) is 13.6. The molecule has 0 aliphatic rings. The molecule has 1 amide bonds. The number of carbonyl (C=O) groups is 1. The van der Waals surface area contributed by atoms with Crippen molar-refractivity contribution in [3.63, 3.8) is 0 Å². The number of aromatic nitrogens is 1. The van der Waals surface area contributed by atoms with Gasteiger partial charge in [-0.1, -0.05) is 12.1 Å². The summed E-state index contributed by atoms with van der Waals surface area (Å²) in [4.78, 5) is 17.9. The Bertz CT molecular complexity index is 841. The molecule has 0 aliphatic carbocycles. The third kappa shape index (κ3) is 4.46. The first-order valence-corrected chi connectivity index (χ1v) is 9.48. The highest BCUT2D eigenvalue weighted by Gasteiger charge is 2.07. The number of hydrogen-bond donors (Lipinski definition) is 1. The molecule has 0 radical (unpaired) electrons. The van der Waals surface area contributed by atoms with Crippen molar-refractivity contribution in [3.05, 3.63) is 75.7 Å². The van der Waals surface area contributed by atoms with Gasteiger partial charge in [-0.05, 0) is 55.8 Å². The lowest BCUT2D eigenvalue weighted by molar-refractivity contribution is 0.102. The third-order valence-corrected chi connectivity index (χ3v) is 5.31. The molecule has 0 bridgehead atoms. The molecule has 24 heavy (non-hydrogen) atoms. The van der Waals surface area contributed by atoms with E-state index in [1.165, 1.54) is 0 Å². The van der Waals surface area contributed by atoms with Crippen molar-refractivity contribution in [2.75, 3.05) is 5.32 Å². The summed E-state index contributed by atoms with van der Waals surface area (Å²) in [7, 11) is 0. The van der Waals surface area contributed by atoms with Crippen molar-refractivity contribution < 1.29 is 4.79 Å². The molecule has 3 rings (SSSR count). The number of anilines is 1. The molecule has 0 atom stereocenters. The number of rotatable bonds is 5. The number of aryl methyl sites for hydroxylation is 2. The number of nitrogens with one attached hydrogen (secondary N) is 1. The molecule has 1 aromatic heterocycles. The second-order valence-electron chi connectivity index (χ2n) is 5.49. The molecule has 1 heterocycles. The van der Waals surface area contributed by atoms with Crippen LogP contribution in [0.2, 0.25) is 0 Å². The predicted molar refractivity (Wildman–Crippen MR) is 102 cm³/mol. The second-order valence-corrected chi connectivity index (χ2v) is 7.61. The minimum Gasteiger partial charge on any atom is -0.322 e. The molecule has 3 aromatic rings. The van der Waals surface area contributed by atoms with Gasteiger partial charge in [-0.15, -0.1) is 23.1 Å². The highest BCUT2D eigenvalue weighted by molar-refractivity contribution is 7.98. The molecule has 2 aromatic carbocycles. The van der Waals surface area contributed by atoms with E-state index in [1.54, 1.807) is 23.1 Å². The Hall–Kier alpha value is -2.11. The standard InChI is InChI=1S/C19H18N2OS2/c1-13-4-3-5-16(10-13)21-19(22)15-6-8-18(9-7-15)24-12-17-11-23-14(2)20-17/h3-11H,12H2,1-2H3,(H,21,22). The van der Waals surface area contributed by atoms with E-state index in [9.17, 15) is 4.79 Å². The quantitative estimate of drug-likeness (QED) is 0.632. The van der Waals surface area contributed by atoms with Crippen LogP contribution in [0.4, 0.5) is 5.69 Å². The van der Waals surface area contributed by atoms with Crippen molar-refractivity contribution in [1.82, 2.24) is 4.98 Å². The molecule has 5 heteroatoms. The molecule has 0 saturated carbocycles. The summed E-state index contributed by atoms with van der Waals surface area (Å²) in [6.45, 7) is 4.02. The van der Waals surface area contributed by atoms with Crippen LogP contribution >= 0.6 is 23.1 Å². The van der Waals surface area contributed by atoms with Gasteiger partial charge in [0.25, 0.3) is 5.91 Å². The largest absolute Gasteiger partial charge is 0.322 e. The fourth-order valence-electron chi connectivity index (χ4n) is 2.26. The number of carbonyl (C=O) groups excluding carboxylic acids is 1. The first kappa shape index (κ1) is 16.7. The number of thioether (sulfide) groups is 1. The maximum Gasteiger partial charge on any atom is 0.255 e. The number of hydrogen-bond acceptors (Lipinski definition) is 4. The van der Waals surface area contributed by atoms with E-state index in [1.807, 2.05) is 62.4 Å². The van der Waals surface area contributed by atoms with Crippen molar-refractivity contribution in [1.29, 1.82) is 0 Å². The number of amides is 1. The van der Waals surface area contributed by atoms with Gasteiger partial charge in [0, 0.05) is 27.3 Å². The van der Waals surface area contributed by atoms with Crippen molar-refractivity contribution in [2.24, 2.45) is 0 Å². The van der Waals surface area contributed by atoms with Crippen LogP contribution in [0.15, 0.2) is 58.8 Å². The van der Waals surface area contributed by atoms with Crippen LogP contribution in [-0.2, 0) is 5.75 Å². The lowest BCUT2D eigenvalue weighted by atomic mass is 10.2. The minimum atomic E-state index is -0.0905. The molecular weight excluding hydrogens is 336 g/mol. The summed E-state index contributed by atoms with van der Waals surface area (Å²) in [6, 6.07) is 15.5. The van der Waals surface area contributed by atoms with Crippen molar-refractivity contribution in [3.8, 4) is 0 Å². The summed E-state index contributed by atoms with van der Waals surface area (Å²) in [5.41, 5.74) is 3.70. The Kier molecular flexibility index (Phi) is 5.33. The van der Waals surface area contributed by atoms with Crippen LogP contribution in [0.25, 0.3) is 0 Å². The van der Waals surface area contributed by atoms with E-state index in [-0.39, 0.29) is 5.91 Å². The fourth-order valence-corrected chi connectivity index (χ4v) is 3.77. The van der Waals surface area contributed by atoms with Crippen LogP contribution in [-0.4, -0.2) is 10.9 Å². The summed E-state index contributed by atoms with van der Waals surface area (Å²) in [5.74, 6) is 0.756. The van der Waals surface area contributed by atoms with Crippen LogP contribution < -0.4 is 5.32 Å². The Morgan fingerprint density at radius 2 is 1.96 bits per heavy atom. The third-order valence-electron chi connectivity index (χ3n) is 3.45. The van der Waals surface area contributed by atoms with E-state index >= 15 is 0 Å². The first-order valence-electron chi connectivity index (χ1n) is 7.62. The summed E-state index contributed by atoms with van der Waals surface area (Å²) in [6.07, 6.45) is 0. The molecule has 0 aliphatic heterocycles. The van der Waals surface area contributed by atoms with Crippen molar-refractivity contribution in [2.45, 2.75) is 24.5 Å². The van der Waals surface area contributed by atoms with Gasteiger partial charge in [-0.25, -0.2) is 4.98 Å². The highest BCUT2D eigenvalue weighted by Crippen LogP contribution is 2.24. The molecular formula is C19H18N2OS2. The SMILES string of the molecule is Cc1cccc(NC(=O)c2ccc(SCc3csc(C)n3)cc2)c1. The Morgan fingerprint density at radius 1 is 1.17 bits per heavy atom. The van der Waals surface area contributed by atoms with Crippen LogP contribution in [0.1, 0.15) is 26.6 Å². The van der Waals surface area contributed by atoms with Gasteiger partial charge in [0.05, 0.1) is 10.7 Å². The Balaban J connectivity index is 1.60. The molecule has 0 unspecified atom stereocenters. The maximum absolute atomic E-state index is 12.3. The van der Waals surface area contributed by atoms with E-state index in [0.29, 0.717) is 5.56 Å². The molecule has 0 saturated heterocycles. The zero-order chi connectivity index (χ0) is 16.9. The van der Waals surface area contributed by atoms with Gasteiger partial charge in [0.15, 0.2) is 0 Å². The average molecular weight is 355 g/mol. The highest BCUT2D eigenvalue weighted by atomic mass is 32.2.